The maximum absolute atomic E-state index is 12.1. The topological polar surface area (TPSA) is 113 Å². The molecule has 0 unspecified atom stereocenters. The van der Waals surface area contributed by atoms with Crippen LogP contribution in [0.25, 0.3) is 0 Å². The summed E-state index contributed by atoms with van der Waals surface area (Å²) in [4.78, 5) is 35.8. The summed E-state index contributed by atoms with van der Waals surface area (Å²) < 4.78 is 0. The minimum atomic E-state index is -1.07. The number of likely N-dealkylation sites (tertiary alicyclic amines) is 1. The zero-order chi connectivity index (χ0) is 14.8. The summed E-state index contributed by atoms with van der Waals surface area (Å²) in [7, 11) is 0. The van der Waals surface area contributed by atoms with E-state index in [4.69, 9.17) is 5.73 Å². The highest BCUT2D eigenvalue weighted by atomic mass is 16.4. The van der Waals surface area contributed by atoms with Crippen LogP contribution in [0.15, 0.2) is 0 Å². The van der Waals surface area contributed by atoms with Gasteiger partial charge in [0, 0.05) is 19.5 Å². The average molecular weight is 283 g/mol. The number of aliphatic carboxylic acids is 1. The number of urea groups is 1. The Morgan fingerprint density at radius 1 is 1.25 bits per heavy atom. The van der Waals surface area contributed by atoms with Crippen molar-refractivity contribution in [2.24, 2.45) is 11.7 Å². The Labute approximate surface area is 117 Å². The number of carboxylic acid groups (broad SMARTS) is 1. The first kappa shape index (κ1) is 14.6. The lowest BCUT2D eigenvalue weighted by Crippen LogP contribution is -2.62. The molecule has 1 heterocycles. The molecular weight excluding hydrogens is 262 g/mol. The molecule has 2 rings (SSSR count). The molecule has 1 saturated heterocycles. The lowest BCUT2D eigenvalue weighted by atomic mass is 9.77. The smallest absolute Gasteiger partial charge is 0.329 e. The van der Waals surface area contributed by atoms with Gasteiger partial charge < -0.3 is 21.1 Å². The predicted octanol–water partition coefficient (Wildman–Crippen LogP) is 0.291. The van der Waals surface area contributed by atoms with Gasteiger partial charge in [0.05, 0.1) is 0 Å². The highest BCUT2D eigenvalue weighted by Gasteiger charge is 2.46. The number of nitrogens with zero attached hydrogens (tertiary/aromatic N) is 1. The number of carbonyl (C=O) groups is 3. The van der Waals surface area contributed by atoms with E-state index in [2.05, 4.69) is 5.32 Å². The first-order chi connectivity index (χ1) is 9.43. The van der Waals surface area contributed by atoms with Crippen LogP contribution in [0, 0.1) is 5.92 Å². The third-order valence-corrected chi connectivity index (χ3v) is 4.35. The van der Waals surface area contributed by atoms with Crippen molar-refractivity contribution in [2.75, 3.05) is 13.1 Å². The van der Waals surface area contributed by atoms with Gasteiger partial charge in [0.2, 0.25) is 5.91 Å². The first-order valence-corrected chi connectivity index (χ1v) is 7.02. The van der Waals surface area contributed by atoms with Crippen LogP contribution in [0.4, 0.5) is 4.79 Å². The van der Waals surface area contributed by atoms with Crippen molar-refractivity contribution in [3.05, 3.63) is 0 Å². The van der Waals surface area contributed by atoms with Gasteiger partial charge in [-0.15, -0.1) is 0 Å². The molecule has 112 valence electrons. The summed E-state index contributed by atoms with van der Waals surface area (Å²) in [5.74, 6) is -1.04. The monoisotopic (exact) mass is 283 g/mol. The number of nitrogens with two attached hydrogens (primary N) is 1. The van der Waals surface area contributed by atoms with Gasteiger partial charge in [0.1, 0.15) is 5.54 Å². The van der Waals surface area contributed by atoms with E-state index in [0.717, 1.165) is 19.3 Å². The van der Waals surface area contributed by atoms with E-state index in [-0.39, 0.29) is 17.9 Å². The van der Waals surface area contributed by atoms with Crippen molar-refractivity contribution in [1.29, 1.82) is 0 Å². The molecule has 3 amide bonds. The zero-order valence-corrected chi connectivity index (χ0v) is 11.4. The van der Waals surface area contributed by atoms with E-state index in [9.17, 15) is 19.5 Å². The molecule has 1 aliphatic heterocycles. The molecule has 2 fully saturated rings. The second-order valence-electron chi connectivity index (χ2n) is 5.77. The number of primary amides is 1. The lowest BCUT2D eigenvalue weighted by Gasteiger charge is -2.41. The zero-order valence-electron chi connectivity index (χ0n) is 11.4. The molecule has 4 N–H and O–H groups in total. The van der Waals surface area contributed by atoms with Crippen LogP contribution in [0.2, 0.25) is 0 Å². The van der Waals surface area contributed by atoms with Gasteiger partial charge in [-0.3, -0.25) is 4.79 Å². The second kappa shape index (κ2) is 5.68. The van der Waals surface area contributed by atoms with Gasteiger partial charge in [0.25, 0.3) is 0 Å². The first-order valence-electron chi connectivity index (χ1n) is 7.02. The van der Waals surface area contributed by atoms with Crippen LogP contribution in [0.3, 0.4) is 0 Å². The van der Waals surface area contributed by atoms with Crippen LogP contribution >= 0.6 is 0 Å². The van der Waals surface area contributed by atoms with Gasteiger partial charge in [0.15, 0.2) is 0 Å². The number of carbonyl (C=O) groups excluding carboxylic acids is 2. The second-order valence-corrected chi connectivity index (χ2v) is 5.77. The molecule has 1 aliphatic carbocycles. The fraction of sp³-hybridized carbons (Fsp3) is 0.769. The van der Waals surface area contributed by atoms with Gasteiger partial charge in [-0.2, -0.15) is 0 Å². The van der Waals surface area contributed by atoms with Crippen molar-refractivity contribution in [3.8, 4) is 0 Å². The number of nitrogens with one attached hydrogen (secondary N) is 1. The Morgan fingerprint density at radius 3 is 2.25 bits per heavy atom. The summed E-state index contributed by atoms with van der Waals surface area (Å²) >= 11 is 0. The Hall–Kier alpha value is -1.79. The van der Waals surface area contributed by atoms with E-state index < -0.39 is 11.5 Å². The number of piperidine rings is 1. The maximum Gasteiger partial charge on any atom is 0.329 e. The van der Waals surface area contributed by atoms with Crippen LogP contribution in [0.1, 0.15) is 38.5 Å². The molecule has 0 aromatic heterocycles. The number of hydrogen-bond acceptors (Lipinski definition) is 3. The van der Waals surface area contributed by atoms with E-state index in [1.165, 1.54) is 0 Å². The molecular formula is C13H21N3O4. The SMILES string of the molecule is NC(=O)CC1CCN(C(=O)NC2(C(=O)O)CCC2)CC1. The predicted molar refractivity (Wildman–Crippen MR) is 70.9 cm³/mol. The van der Waals surface area contributed by atoms with E-state index >= 15 is 0 Å². The Balaban J connectivity index is 1.83. The van der Waals surface area contributed by atoms with Crippen LogP contribution in [0.5, 0.6) is 0 Å². The lowest BCUT2D eigenvalue weighted by molar-refractivity contribution is -0.148. The molecule has 7 heteroatoms. The van der Waals surface area contributed by atoms with Gasteiger partial charge >= 0.3 is 12.0 Å². The summed E-state index contributed by atoms with van der Waals surface area (Å²) in [6.07, 6.45) is 3.63. The standard InChI is InChI=1S/C13H21N3O4/c14-10(17)8-9-2-6-16(7-3-9)12(20)15-13(11(18)19)4-1-5-13/h9H,1-8H2,(H2,14,17)(H,15,20)(H,18,19). The highest BCUT2D eigenvalue weighted by Crippen LogP contribution is 2.32. The molecule has 0 aromatic carbocycles. The number of carboxylic acids is 1. The number of amides is 3. The normalized spacial score (nSPS) is 21.9. The van der Waals surface area contributed by atoms with Crippen molar-refractivity contribution in [3.63, 3.8) is 0 Å². The number of hydrogen-bond donors (Lipinski definition) is 3. The highest BCUT2D eigenvalue weighted by molar-refractivity contribution is 5.87. The molecule has 7 nitrogen and oxygen atoms in total. The Morgan fingerprint density at radius 2 is 1.85 bits per heavy atom. The third-order valence-electron chi connectivity index (χ3n) is 4.35. The van der Waals surface area contributed by atoms with Gasteiger partial charge in [-0.1, -0.05) is 0 Å². The summed E-state index contributed by atoms with van der Waals surface area (Å²) in [6, 6.07) is -0.315. The minimum absolute atomic E-state index is 0.230. The Kier molecular flexibility index (Phi) is 4.15. The van der Waals surface area contributed by atoms with Gasteiger partial charge in [-0.05, 0) is 38.0 Å². The largest absolute Gasteiger partial charge is 0.480 e. The molecule has 0 bridgehead atoms. The van der Waals surface area contributed by atoms with Crippen molar-refractivity contribution in [1.82, 2.24) is 10.2 Å². The quantitative estimate of drug-likeness (QED) is 0.688. The fourth-order valence-corrected chi connectivity index (χ4v) is 2.83. The summed E-state index contributed by atoms with van der Waals surface area (Å²) in [5.41, 5.74) is 4.09. The molecule has 1 saturated carbocycles. The molecule has 20 heavy (non-hydrogen) atoms. The average Bonchev–Trinajstić information content (AvgIpc) is 2.33. The van der Waals surface area contributed by atoms with Crippen molar-refractivity contribution >= 4 is 17.9 Å². The molecule has 2 aliphatic rings. The van der Waals surface area contributed by atoms with E-state index in [0.29, 0.717) is 32.4 Å². The van der Waals surface area contributed by atoms with E-state index in [1.54, 1.807) is 4.90 Å². The van der Waals surface area contributed by atoms with Crippen molar-refractivity contribution < 1.29 is 19.5 Å². The minimum Gasteiger partial charge on any atom is -0.480 e. The fourth-order valence-electron chi connectivity index (χ4n) is 2.83. The molecule has 0 spiro atoms. The molecule has 0 atom stereocenters. The Bertz CT molecular complexity index is 412. The summed E-state index contributed by atoms with van der Waals surface area (Å²) in [5, 5.41) is 11.8. The van der Waals surface area contributed by atoms with Crippen LogP contribution in [-0.2, 0) is 9.59 Å². The van der Waals surface area contributed by atoms with Crippen molar-refractivity contribution in [2.45, 2.75) is 44.1 Å². The summed E-state index contributed by atoms with van der Waals surface area (Å²) in [6.45, 7) is 1.08. The maximum atomic E-state index is 12.1. The molecule has 0 radical (unpaired) electrons. The van der Waals surface area contributed by atoms with Crippen LogP contribution < -0.4 is 11.1 Å². The number of rotatable bonds is 4. The van der Waals surface area contributed by atoms with E-state index in [1.807, 2.05) is 0 Å². The van der Waals surface area contributed by atoms with Gasteiger partial charge in [-0.25, -0.2) is 9.59 Å². The third kappa shape index (κ3) is 3.02. The van der Waals surface area contributed by atoms with Crippen LogP contribution in [-0.4, -0.2) is 46.5 Å². The molecule has 0 aromatic rings.